The van der Waals surface area contributed by atoms with Crippen LogP contribution in [0.1, 0.15) is 45.1 Å². The zero-order chi connectivity index (χ0) is 26.6. The fourth-order valence-electron chi connectivity index (χ4n) is 4.52. The number of halogens is 1. The number of carbonyl (C=O) groups excluding carboxylic acids is 2. The summed E-state index contributed by atoms with van der Waals surface area (Å²) in [6.45, 7) is 2.63. The van der Waals surface area contributed by atoms with Gasteiger partial charge in [0, 0.05) is 18.7 Å². The highest BCUT2D eigenvalue weighted by atomic mass is 32.2. The van der Waals surface area contributed by atoms with Crippen molar-refractivity contribution in [1.29, 1.82) is 0 Å². The van der Waals surface area contributed by atoms with Crippen molar-refractivity contribution in [3.8, 4) is 11.5 Å². The topological polar surface area (TPSA) is 105 Å². The van der Waals surface area contributed by atoms with Gasteiger partial charge in [-0.25, -0.2) is 12.8 Å². The van der Waals surface area contributed by atoms with Crippen LogP contribution in [0.25, 0.3) is 0 Å². The van der Waals surface area contributed by atoms with Crippen molar-refractivity contribution in [1.82, 2.24) is 10.2 Å². The minimum absolute atomic E-state index is 0.0134. The van der Waals surface area contributed by atoms with E-state index in [-0.39, 0.29) is 36.7 Å². The molecule has 1 fully saturated rings. The molecule has 1 aliphatic heterocycles. The zero-order valence-electron chi connectivity index (χ0n) is 21.0. The standard InChI is InChI=1S/C26H32FN3O6S/c1-3-37(33,34)30(22-12-13-23-24(14-22)36-17-35-23)16-25(31)29(15-19-8-10-20(27)11-9-19)18(2)26(32)28-21-6-4-5-7-21/h8-14,18,21H,3-7,15-17H2,1-2H3,(H,28,32)/t18-/m1/s1. The van der Waals surface area contributed by atoms with Crippen LogP contribution in [0.5, 0.6) is 11.5 Å². The average molecular weight is 534 g/mol. The number of rotatable bonds is 10. The van der Waals surface area contributed by atoms with E-state index in [0.29, 0.717) is 17.1 Å². The van der Waals surface area contributed by atoms with Gasteiger partial charge >= 0.3 is 0 Å². The highest BCUT2D eigenvalue weighted by molar-refractivity contribution is 7.92. The molecule has 0 unspecified atom stereocenters. The molecule has 200 valence electrons. The van der Waals surface area contributed by atoms with E-state index < -0.39 is 34.3 Å². The van der Waals surface area contributed by atoms with Gasteiger partial charge in [-0.15, -0.1) is 0 Å². The second-order valence-corrected chi connectivity index (χ2v) is 11.4. The molecule has 0 aromatic heterocycles. The Bertz CT molecular complexity index is 1230. The Labute approximate surface area is 216 Å². The van der Waals surface area contributed by atoms with Gasteiger partial charge in [0.05, 0.1) is 11.4 Å². The Balaban J connectivity index is 1.61. The second kappa shape index (κ2) is 11.4. The maximum atomic E-state index is 13.7. The van der Waals surface area contributed by atoms with E-state index in [2.05, 4.69) is 5.32 Å². The number of nitrogens with zero attached hydrogens (tertiary/aromatic N) is 2. The molecule has 0 spiro atoms. The number of hydrogen-bond acceptors (Lipinski definition) is 6. The molecule has 2 aromatic carbocycles. The van der Waals surface area contributed by atoms with Gasteiger partial charge in [-0.3, -0.25) is 13.9 Å². The van der Waals surface area contributed by atoms with E-state index in [1.165, 1.54) is 42.2 Å². The summed E-state index contributed by atoms with van der Waals surface area (Å²) in [6, 6.07) is 9.48. The van der Waals surface area contributed by atoms with Gasteiger partial charge in [-0.1, -0.05) is 25.0 Å². The molecule has 1 heterocycles. The van der Waals surface area contributed by atoms with Crippen LogP contribution in [-0.2, 0) is 26.2 Å². The molecule has 1 aliphatic carbocycles. The number of fused-ring (bicyclic) bond motifs is 1. The summed E-state index contributed by atoms with van der Waals surface area (Å²) in [5.41, 5.74) is 0.868. The van der Waals surface area contributed by atoms with E-state index in [1.54, 1.807) is 19.1 Å². The van der Waals surface area contributed by atoms with Crippen molar-refractivity contribution in [2.45, 2.75) is 58.2 Å². The summed E-state index contributed by atoms with van der Waals surface area (Å²) in [6.07, 6.45) is 3.85. The molecule has 2 aromatic rings. The molecule has 2 aliphatic rings. The second-order valence-electron chi connectivity index (χ2n) is 9.26. The van der Waals surface area contributed by atoms with Crippen molar-refractivity contribution < 1.29 is 31.9 Å². The predicted molar refractivity (Wildman–Crippen MR) is 136 cm³/mol. The molecule has 4 rings (SSSR count). The number of nitrogens with one attached hydrogen (secondary N) is 1. The monoisotopic (exact) mass is 533 g/mol. The average Bonchev–Trinajstić information content (AvgIpc) is 3.57. The number of benzene rings is 2. The Morgan fingerprint density at radius 1 is 1.08 bits per heavy atom. The molecule has 2 amide bonds. The van der Waals surface area contributed by atoms with E-state index >= 15 is 0 Å². The van der Waals surface area contributed by atoms with Crippen LogP contribution in [0, 0.1) is 5.82 Å². The Hall–Kier alpha value is -3.34. The first-order valence-electron chi connectivity index (χ1n) is 12.4. The summed E-state index contributed by atoms with van der Waals surface area (Å²) in [4.78, 5) is 28.1. The lowest BCUT2D eigenvalue weighted by atomic mass is 10.1. The third kappa shape index (κ3) is 6.33. The Morgan fingerprint density at radius 2 is 1.76 bits per heavy atom. The van der Waals surface area contributed by atoms with Gasteiger partial charge in [0.25, 0.3) is 0 Å². The lowest BCUT2D eigenvalue weighted by Crippen LogP contribution is -2.52. The first-order valence-corrected chi connectivity index (χ1v) is 14.0. The number of ether oxygens (including phenoxy) is 2. The van der Waals surface area contributed by atoms with Gasteiger partial charge in [-0.2, -0.15) is 0 Å². The molecule has 9 nitrogen and oxygen atoms in total. The molecule has 1 atom stereocenters. The van der Waals surface area contributed by atoms with Crippen LogP contribution < -0.4 is 19.1 Å². The van der Waals surface area contributed by atoms with Gasteiger partial charge < -0.3 is 19.7 Å². The van der Waals surface area contributed by atoms with Crippen LogP contribution in [-0.4, -0.2) is 56.3 Å². The number of anilines is 1. The van der Waals surface area contributed by atoms with E-state index in [4.69, 9.17) is 9.47 Å². The van der Waals surface area contributed by atoms with Gasteiger partial charge in [-0.05, 0) is 56.5 Å². The van der Waals surface area contributed by atoms with Crippen molar-refractivity contribution in [3.05, 3.63) is 53.8 Å². The summed E-state index contributed by atoms with van der Waals surface area (Å²) in [7, 11) is -3.86. The smallest absolute Gasteiger partial charge is 0.244 e. The lowest BCUT2D eigenvalue weighted by Gasteiger charge is -2.32. The summed E-state index contributed by atoms with van der Waals surface area (Å²) < 4.78 is 51.3. The van der Waals surface area contributed by atoms with Crippen molar-refractivity contribution in [3.63, 3.8) is 0 Å². The minimum Gasteiger partial charge on any atom is -0.454 e. The molecule has 11 heteroatoms. The number of carbonyl (C=O) groups is 2. The predicted octanol–water partition coefficient (Wildman–Crippen LogP) is 3.19. The normalized spacial score (nSPS) is 15.9. The molecule has 1 saturated carbocycles. The van der Waals surface area contributed by atoms with Gasteiger partial charge in [0.1, 0.15) is 18.4 Å². The van der Waals surface area contributed by atoms with Crippen molar-refractivity contribution >= 4 is 27.5 Å². The maximum absolute atomic E-state index is 13.7. The minimum atomic E-state index is -3.86. The highest BCUT2D eigenvalue weighted by Crippen LogP contribution is 2.36. The summed E-state index contributed by atoms with van der Waals surface area (Å²) >= 11 is 0. The van der Waals surface area contributed by atoms with Crippen LogP contribution >= 0.6 is 0 Å². The van der Waals surface area contributed by atoms with Crippen molar-refractivity contribution in [2.24, 2.45) is 0 Å². The molecule has 0 radical (unpaired) electrons. The summed E-state index contributed by atoms with van der Waals surface area (Å²) in [5, 5.41) is 3.01. The lowest BCUT2D eigenvalue weighted by molar-refractivity contribution is -0.139. The van der Waals surface area contributed by atoms with Gasteiger partial charge in [0.2, 0.25) is 28.6 Å². The number of amides is 2. The van der Waals surface area contributed by atoms with Crippen LogP contribution in [0.15, 0.2) is 42.5 Å². The third-order valence-electron chi connectivity index (χ3n) is 6.76. The quantitative estimate of drug-likeness (QED) is 0.503. The number of hydrogen-bond donors (Lipinski definition) is 1. The largest absolute Gasteiger partial charge is 0.454 e. The fourth-order valence-corrected chi connectivity index (χ4v) is 5.57. The van der Waals surface area contributed by atoms with E-state index in [0.717, 1.165) is 30.0 Å². The highest BCUT2D eigenvalue weighted by Gasteiger charge is 2.32. The maximum Gasteiger partial charge on any atom is 0.244 e. The molecule has 1 N–H and O–H groups in total. The Morgan fingerprint density at radius 3 is 2.43 bits per heavy atom. The molecule has 37 heavy (non-hydrogen) atoms. The number of sulfonamides is 1. The van der Waals surface area contributed by atoms with Crippen LogP contribution in [0.2, 0.25) is 0 Å². The molecular weight excluding hydrogens is 501 g/mol. The fraction of sp³-hybridized carbons (Fsp3) is 0.462. The zero-order valence-corrected chi connectivity index (χ0v) is 21.8. The molecule has 0 bridgehead atoms. The van der Waals surface area contributed by atoms with Crippen LogP contribution in [0.3, 0.4) is 0 Å². The van der Waals surface area contributed by atoms with E-state index in [1.807, 2.05) is 0 Å². The molecule has 0 saturated heterocycles. The molecular formula is C26H32FN3O6S. The SMILES string of the molecule is CCS(=O)(=O)N(CC(=O)N(Cc1ccc(F)cc1)[C@H](C)C(=O)NC1CCCC1)c1ccc2c(c1)OCO2. The van der Waals surface area contributed by atoms with E-state index in [9.17, 15) is 22.4 Å². The third-order valence-corrected chi connectivity index (χ3v) is 8.50. The Kier molecular flexibility index (Phi) is 8.21. The van der Waals surface area contributed by atoms with Crippen molar-refractivity contribution in [2.75, 3.05) is 23.4 Å². The van der Waals surface area contributed by atoms with Gasteiger partial charge in [0.15, 0.2) is 11.5 Å². The van der Waals surface area contributed by atoms with Crippen LogP contribution in [0.4, 0.5) is 10.1 Å². The first kappa shape index (κ1) is 26.7. The summed E-state index contributed by atoms with van der Waals surface area (Å²) in [5.74, 6) is -0.655. The first-order chi connectivity index (χ1) is 17.7.